The van der Waals surface area contributed by atoms with Crippen LogP contribution in [0.3, 0.4) is 0 Å². The number of hydrogen-bond donors (Lipinski definition) is 0. The highest BCUT2D eigenvalue weighted by molar-refractivity contribution is 9.18. The first kappa shape index (κ1) is 17.5. The third-order valence-electron chi connectivity index (χ3n) is 4.31. The number of aryl methyl sites for hydroxylation is 1. The van der Waals surface area contributed by atoms with Crippen LogP contribution in [0.2, 0.25) is 10.0 Å². The van der Waals surface area contributed by atoms with E-state index >= 15 is 8.63 Å². The zero-order valence-electron chi connectivity index (χ0n) is 12.7. The molecule has 0 spiro atoms. The Labute approximate surface area is 169 Å². The SMILES string of the molecule is Cc1cc(Cl)c(C2=C3C=CC(Br)=[N+]3[B-](F)(F)n3c(Br)ccc32)c(Cl)c1. The fourth-order valence-corrected chi connectivity index (χ4v) is 5.25. The van der Waals surface area contributed by atoms with E-state index in [9.17, 15) is 0 Å². The molecule has 0 saturated carbocycles. The minimum atomic E-state index is -4.06. The highest BCUT2D eigenvalue weighted by atomic mass is 79.9. The molecule has 0 fully saturated rings. The number of rotatable bonds is 1. The monoisotopic (exact) mass is 506 g/mol. The summed E-state index contributed by atoms with van der Waals surface area (Å²) in [6.07, 6.45) is 3.24. The van der Waals surface area contributed by atoms with E-state index in [0.29, 0.717) is 32.6 Å². The van der Waals surface area contributed by atoms with Crippen molar-refractivity contribution in [3.05, 3.63) is 73.6 Å². The number of allylic oxidation sites excluding steroid dienone is 2. The third-order valence-corrected chi connectivity index (χ3v) is 6.20. The highest BCUT2D eigenvalue weighted by Gasteiger charge is 2.54. The molecule has 0 unspecified atom stereocenters. The molecule has 0 saturated heterocycles. The molecule has 0 N–H and O–H groups in total. The van der Waals surface area contributed by atoms with Gasteiger partial charge < -0.3 is 17.6 Å². The van der Waals surface area contributed by atoms with Crippen molar-refractivity contribution >= 4 is 72.2 Å². The average Bonchev–Trinajstić information content (AvgIpc) is 3.06. The zero-order chi connectivity index (χ0) is 18.1. The van der Waals surface area contributed by atoms with Crippen LogP contribution in [0.4, 0.5) is 8.63 Å². The second kappa shape index (κ2) is 5.81. The number of halogens is 6. The van der Waals surface area contributed by atoms with Gasteiger partial charge >= 0.3 is 6.97 Å². The van der Waals surface area contributed by atoms with Crippen molar-refractivity contribution in [2.24, 2.45) is 0 Å². The summed E-state index contributed by atoms with van der Waals surface area (Å²) in [5, 5.41) is 0.843. The van der Waals surface area contributed by atoms with Crippen molar-refractivity contribution in [3.8, 4) is 0 Å². The van der Waals surface area contributed by atoms with E-state index in [0.717, 1.165) is 14.5 Å². The number of nitrogens with zero attached hydrogens (tertiary/aromatic N) is 2. The second-order valence-electron chi connectivity index (χ2n) is 5.89. The normalized spacial score (nSPS) is 18.0. The van der Waals surface area contributed by atoms with Crippen molar-refractivity contribution in [2.75, 3.05) is 0 Å². The molecule has 0 radical (unpaired) electrons. The summed E-state index contributed by atoms with van der Waals surface area (Å²) in [5.74, 6) is 0. The third kappa shape index (κ3) is 2.43. The largest absolute Gasteiger partial charge is 0.738 e. The van der Waals surface area contributed by atoms with Crippen LogP contribution in [0, 0.1) is 6.92 Å². The molecule has 128 valence electrons. The van der Waals surface area contributed by atoms with E-state index in [1.54, 1.807) is 36.4 Å². The predicted octanol–water partition coefficient (Wildman–Crippen LogP) is 6.24. The molecule has 1 aromatic heterocycles. The Hall–Kier alpha value is -0.885. The smallest absolute Gasteiger partial charge is 0.389 e. The van der Waals surface area contributed by atoms with Crippen LogP contribution < -0.4 is 0 Å². The maximum atomic E-state index is 15.2. The first-order valence-electron chi connectivity index (χ1n) is 7.33. The lowest BCUT2D eigenvalue weighted by Gasteiger charge is -2.32. The Kier molecular flexibility index (Phi) is 4.07. The molecule has 9 heteroatoms. The zero-order valence-corrected chi connectivity index (χ0v) is 17.4. The quantitative estimate of drug-likeness (QED) is 0.403. The lowest BCUT2D eigenvalue weighted by atomic mass is 9.86. The van der Waals surface area contributed by atoms with E-state index in [1.807, 2.05) is 6.92 Å². The standard InChI is InChI=1S/C16H9BBr2Cl2F2N2/c1-8-6-9(20)15(10(21)7-8)16-11-2-4-13(18)24(11)17(22,23)25-12(16)3-5-14(25)19/h2-7H,1H3. The molecule has 0 amide bonds. The van der Waals surface area contributed by atoms with Gasteiger partial charge in [-0.25, -0.2) is 0 Å². The molecule has 25 heavy (non-hydrogen) atoms. The molecule has 3 heterocycles. The lowest BCUT2D eigenvalue weighted by Crippen LogP contribution is -2.50. The van der Waals surface area contributed by atoms with Gasteiger partial charge in [-0.05, 0) is 52.7 Å². The topological polar surface area (TPSA) is 7.94 Å². The number of fused-ring (bicyclic) bond motifs is 2. The number of aromatic nitrogens is 1. The summed E-state index contributed by atoms with van der Waals surface area (Å²) in [7, 11) is 0. The molecule has 4 rings (SSSR count). The Bertz CT molecular complexity index is 1020. The Balaban J connectivity index is 2.16. The molecular formula is C16H9BBr2Cl2F2N2. The summed E-state index contributed by atoms with van der Waals surface area (Å²) in [6.45, 7) is -2.18. The van der Waals surface area contributed by atoms with Gasteiger partial charge in [0.1, 0.15) is 0 Å². The van der Waals surface area contributed by atoms with Gasteiger partial charge in [-0.3, -0.25) is 0 Å². The van der Waals surface area contributed by atoms with Gasteiger partial charge in [0.15, 0.2) is 5.70 Å². The van der Waals surface area contributed by atoms with Crippen molar-refractivity contribution < 1.29 is 13.1 Å². The van der Waals surface area contributed by atoms with E-state index in [1.165, 1.54) is 0 Å². The van der Waals surface area contributed by atoms with Gasteiger partial charge in [0.2, 0.25) is 4.62 Å². The first-order valence-corrected chi connectivity index (χ1v) is 9.67. The second-order valence-corrected chi connectivity index (χ2v) is 8.33. The molecule has 1 aromatic carbocycles. The number of hydrogen-bond acceptors (Lipinski definition) is 0. The predicted molar refractivity (Wildman–Crippen MR) is 106 cm³/mol. The van der Waals surface area contributed by atoms with Gasteiger partial charge in [-0.1, -0.05) is 23.2 Å². The molecule has 0 atom stereocenters. The molecule has 2 aliphatic rings. The van der Waals surface area contributed by atoms with Crippen LogP contribution in [0.1, 0.15) is 16.8 Å². The fraction of sp³-hybridized carbons (Fsp3) is 0.0625. The molecule has 2 aromatic rings. The molecule has 2 nitrogen and oxygen atoms in total. The van der Waals surface area contributed by atoms with Gasteiger partial charge in [0, 0.05) is 39.3 Å². The summed E-state index contributed by atoms with van der Waals surface area (Å²) in [6, 6.07) is 6.80. The van der Waals surface area contributed by atoms with Gasteiger partial charge in [0.25, 0.3) is 0 Å². The van der Waals surface area contributed by atoms with Gasteiger partial charge in [-0.2, -0.15) is 0 Å². The minimum absolute atomic E-state index is 0.288. The van der Waals surface area contributed by atoms with Crippen LogP contribution in [-0.2, 0) is 0 Å². The fourth-order valence-electron chi connectivity index (χ4n) is 3.33. The van der Waals surface area contributed by atoms with E-state index in [2.05, 4.69) is 31.9 Å². The average molecular weight is 509 g/mol. The maximum absolute atomic E-state index is 15.2. The van der Waals surface area contributed by atoms with Crippen LogP contribution in [0.25, 0.3) is 5.57 Å². The van der Waals surface area contributed by atoms with Crippen LogP contribution in [0.15, 0.2) is 46.7 Å². The summed E-state index contributed by atoms with van der Waals surface area (Å²) in [4.78, 5) is 0. The van der Waals surface area contributed by atoms with Crippen molar-refractivity contribution in [3.63, 3.8) is 0 Å². The number of benzene rings is 1. The lowest BCUT2D eigenvalue weighted by molar-refractivity contribution is -0.358. The van der Waals surface area contributed by atoms with Crippen LogP contribution in [0.5, 0.6) is 0 Å². The molecule has 0 bridgehead atoms. The molecule has 0 aliphatic carbocycles. The van der Waals surface area contributed by atoms with Crippen molar-refractivity contribution in [1.29, 1.82) is 0 Å². The molecule has 2 aliphatic heterocycles. The summed E-state index contributed by atoms with van der Waals surface area (Å²) < 4.78 is 32.9. The Morgan fingerprint density at radius 1 is 1.08 bits per heavy atom. The summed E-state index contributed by atoms with van der Waals surface area (Å²) in [5.41, 5.74) is 2.74. The Morgan fingerprint density at radius 3 is 2.36 bits per heavy atom. The van der Waals surface area contributed by atoms with E-state index < -0.39 is 6.97 Å². The Morgan fingerprint density at radius 2 is 1.72 bits per heavy atom. The van der Waals surface area contributed by atoms with Crippen LogP contribution in [-0.4, -0.2) is 20.6 Å². The van der Waals surface area contributed by atoms with Crippen molar-refractivity contribution in [1.82, 2.24) is 4.48 Å². The van der Waals surface area contributed by atoms with Gasteiger partial charge in [-0.15, -0.1) is 0 Å². The molecular weight excluding hydrogens is 500 g/mol. The first-order chi connectivity index (χ1) is 11.7. The maximum Gasteiger partial charge on any atom is 0.738 e. The highest BCUT2D eigenvalue weighted by Crippen LogP contribution is 2.45. The van der Waals surface area contributed by atoms with E-state index in [-0.39, 0.29) is 9.22 Å². The van der Waals surface area contributed by atoms with Crippen molar-refractivity contribution in [2.45, 2.75) is 6.92 Å². The van der Waals surface area contributed by atoms with Gasteiger partial charge in [0.05, 0.1) is 20.2 Å². The van der Waals surface area contributed by atoms with Crippen LogP contribution >= 0.6 is 55.1 Å². The summed E-state index contributed by atoms with van der Waals surface area (Å²) >= 11 is 19.4. The van der Waals surface area contributed by atoms with E-state index in [4.69, 9.17) is 23.2 Å². The minimum Gasteiger partial charge on any atom is -0.389 e.